The van der Waals surface area contributed by atoms with E-state index in [1.807, 2.05) is 24.3 Å². The maximum Gasteiger partial charge on any atom is 0.249 e. The van der Waals surface area contributed by atoms with E-state index in [1.54, 1.807) is 0 Å². The maximum atomic E-state index is 12.3. The van der Waals surface area contributed by atoms with Crippen molar-refractivity contribution in [2.75, 3.05) is 20.2 Å². The number of rotatable bonds is 3. The van der Waals surface area contributed by atoms with E-state index in [-0.39, 0.29) is 24.1 Å². The zero-order chi connectivity index (χ0) is 14.8. The van der Waals surface area contributed by atoms with Crippen LogP contribution in [-0.2, 0) is 9.53 Å². The Balaban J connectivity index is 1.71. The number of nitrogens with one attached hydrogen (secondary N) is 1. The summed E-state index contributed by atoms with van der Waals surface area (Å²) in [6, 6.07) is 8.23. The molecule has 5 heteroatoms. The molecule has 3 rings (SSSR count). The highest BCUT2D eigenvalue weighted by Crippen LogP contribution is 2.31. The Morgan fingerprint density at radius 2 is 2.10 bits per heavy atom. The Labute approximate surface area is 130 Å². The van der Waals surface area contributed by atoms with Crippen LogP contribution < -0.4 is 5.32 Å². The summed E-state index contributed by atoms with van der Waals surface area (Å²) in [5.74, 6) is 0.0340. The van der Waals surface area contributed by atoms with E-state index >= 15 is 0 Å². The molecule has 1 amide bonds. The predicted molar refractivity (Wildman–Crippen MR) is 82.3 cm³/mol. The van der Waals surface area contributed by atoms with Crippen molar-refractivity contribution in [3.05, 3.63) is 34.9 Å². The molecule has 1 N–H and O–H groups in total. The fourth-order valence-corrected chi connectivity index (χ4v) is 3.43. The summed E-state index contributed by atoms with van der Waals surface area (Å²) < 4.78 is 5.47. The minimum atomic E-state index is -0.262. The average molecular weight is 309 g/mol. The average Bonchev–Trinajstić information content (AvgIpc) is 3.11. The van der Waals surface area contributed by atoms with Crippen LogP contribution in [0.25, 0.3) is 0 Å². The van der Waals surface area contributed by atoms with Crippen LogP contribution in [0.1, 0.15) is 30.9 Å². The van der Waals surface area contributed by atoms with Crippen LogP contribution in [0.4, 0.5) is 0 Å². The van der Waals surface area contributed by atoms with E-state index in [0.717, 1.165) is 30.8 Å². The first kappa shape index (κ1) is 14.8. The lowest BCUT2D eigenvalue weighted by Gasteiger charge is -2.27. The third-order valence-corrected chi connectivity index (χ3v) is 4.66. The van der Waals surface area contributed by atoms with Crippen molar-refractivity contribution in [2.24, 2.45) is 0 Å². The largest absolute Gasteiger partial charge is 0.368 e. The molecule has 2 aliphatic heterocycles. The van der Waals surface area contributed by atoms with Gasteiger partial charge in [-0.1, -0.05) is 23.7 Å². The minimum Gasteiger partial charge on any atom is -0.368 e. The lowest BCUT2D eigenvalue weighted by atomic mass is 10.00. The van der Waals surface area contributed by atoms with Crippen molar-refractivity contribution < 1.29 is 9.53 Å². The number of benzene rings is 1. The van der Waals surface area contributed by atoms with Crippen LogP contribution in [0.5, 0.6) is 0 Å². The zero-order valence-electron chi connectivity index (χ0n) is 12.2. The highest BCUT2D eigenvalue weighted by molar-refractivity contribution is 6.30. The Hall–Kier alpha value is -1.10. The molecule has 114 valence electrons. The van der Waals surface area contributed by atoms with Crippen molar-refractivity contribution in [1.82, 2.24) is 10.2 Å². The van der Waals surface area contributed by atoms with Gasteiger partial charge in [0.1, 0.15) is 6.10 Å². The van der Waals surface area contributed by atoms with Crippen molar-refractivity contribution in [3.63, 3.8) is 0 Å². The molecule has 2 aliphatic rings. The van der Waals surface area contributed by atoms with E-state index in [2.05, 4.69) is 17.3 Å². The van der Waals surface area contributed by atoms with Crippen LogP contribution in [0.2, 0.25) is 5.02 Å². The molecule has 1 aromatic rings. The molecule has 0 bridgehead atoms. The number of likely N-dealkylation sites (N-methyl/N-ethyl adjacent to an activating group) is 1. The number of halogens is 1. The first-order valence-corrected chi connectivity index (χ1v) is 7.90. The van der Waals surface area contributed by atoms with Crippen LogP contribution >= 0.6 is 11.6 Å². The lowest BCUT2D eigenvalue weighted by Crippen LogP contribution is -2.43. The fourth-order valence-electron chi connectivity index (χ4n) is 3.30. The van der Waals surface area contributed by atoms with Crippen molar-refractivity contribution >= 4 is 17.5 Å². The fraction of sp³-hybridized carbons (Fsp3) is 0.562. The van der Waals surface area contributed by atoms with Gasteiger partial charge in [-0.3, -0.25) is 9.69 Å². The van der Waals surface area contributed by atoms with E-state index in [9.17, 15) is 4.79 Å². The van der Waals surface area contributed by atoms with E-state index in [1.165, 1.54) is 5.56 Å². The minimum absolute atomic E-state index is 0.0340. The molecule has 2 saturated heterocycles. The van der Waals surface area contributed by atoms with Gasteiger partial charge in [-0.25, -0.2) is 0 Å². The van der Waals surface area contributed by atoms with Crippen LogP contribution in [-0.4, -0.2) is 43.2 Å². The quantitative estimate of drug-likeness (QED) is 0.932. The van der Waals surface area contributed by atoms with Gasteiger partial charge in [0.15, 0.2) is 0 Å². The van der Waals surface area contributed by atoms with Crippen LogP contribution in [0, 0.1) is 0 Å². The van der Waals surface area contributed by atoms with Gasteiger partial charge in [0.25, 0.3) is 0 Å². The van der Waals surface area contributed by atoms with Gasteiger partial charge in [0, 0.05) is 24.2 Å². The van der Waals surface area contributed by atoms with Gasteiger partial charge >= 0.3 is 0 Å². The van der Waals surface area contributed by atoms with E-state index in [4.69, 9.17) is 16.3 Å². The summed E-state index contributed by atoms with van der Waals surface area (Å²) in [5, 5.41) is 3.91. The first-order valence-electron chi connectivity index (χ1n) is 7.53. The summed E-state index contributed by atoms with van der Waals surface area (Å²) in [7, 11) is 2.09. The third kappa shape index (κ3) is 3.23. The van der Waals surface area contributed by atoms with Gasteiger partial charge in [-0.05, 0) is 44.0 Å². The second-order valence-corrected chi connectivity index (χ2v) is 6.32. The molecular formula is C16H21ClN2O2. The number of amides is 1. The monoisotopic (exact) mass is 308 g/mol. The standard InChI is InChI=1S/C16H21ClN2O2/c1-19-9-8-13(18-16(20)14-3-2-10-21-14)15(19)11-4-6-12(17)7-5-11/h4-7,13-15H,2-3,8-10H2,1H3,(H,18,20)/t13-,14+,15+/m0/s1. The van der Waals surface area contributed by atoms with Gasteiger partial charge in [-0.15, -0.1) is 0 Å². The number of hydrogen-bond acceptors (Lipinski definition) is 3. The second kappa shape index (κ2) is 6.34. The van der Waals surface area contributed by atoms with Gasteiger partial charge in [0.2, 0.25) is 5.91 Å². The summed E-state index contributed by atoms with van der Waals surface area (Å²) in [4.78, 5) is 14.5. The highest BCUT2D eigenvalue weighted by Gasteiger charge is 2.35. The topological polar surface area (TPSA) is 41.6 Å². The molecule has 0 radical (unpaired) electrons. The first-order chi connectivity index (χ1) is 10.1. The molecule has 2 fully saturated rings. The second-order valence-electron chi connectivity index (χ2n) is 5.88. The molecule has 0 saturated carbocycles. The number of carbonyl (C=O) groups excluding carboxylic acids is 1. The smallest absolute Gasteiger partial charge is 0.249 e. The van der Waals surface area contributed by atoms with Crippen LogP contribution in [0.3, 0.4) is 0 Å². The molecule has 3 atom stereocenters. The molecule has 0 unspecified atom stereocenters. The number of ether oxygens (including phenoxy) is 1. The third-order valence-electron chi connectivity index (χ3n) is 4.41. The van der Waals surface area contributed by atoms with Gasteiger partial charge in [0.05, 0.1) is 6.04 Å². The van der Waals surface area contributed by atoms with Crippen molar-refractivity contribution in [3.8, 4) is 0 Å². The molecule has 0 aliphatic carbocycles. The van der Waals surface area contributed by atoms with E-state index < -0.39 is 0 Å². The predicted octanol–water partition coefficient (Wildman–Crippen LogP) is 2.38. The normalized spacial score (nSPS) is 29.7. The van der Waals surface area contributed by atoms with Crippen molar-refractivity contribution in [2.45, 2.75) is 37.5 Å². The number of likely N-dealkylation sites (tertiary alicyclic amines) is 1. The van der Waals surface area contributed by atoms with Gasteiger partial charge < -0.3 is 10.1 Å². The maximum absolute atomic E-state index is 12.3. The molecule has 21 heavy (non-hydrogen) atoms. The van der Waals surface area contributed by atoms with Crippen LogP contribution in [0.15, 0.2) is 24.3 Å². The van der Waals surface area contributed by atoms with E-state index in [0.29, 0.717) is 6.61 Å². The zero-order valence-corrected chi connectivity index (χ0v) is 13.0. The molecule has 4 nitrogen and oxygen atoms in total. The molecule has 0 aromatic heterocycles. The number of carbonyl (C=O) groups is 1. The Kier molecular flexibility index (Phi) is 4.48. The lowest BCUT2D eigenvalue weighted by molar-refractivity contribution is -0.130. The Morgan fingerprint density at radius 3 is 2.76 bits per heavy atom. The Bertz CT molecular complexity index is 500. The molecular weight excluding hydrogens is 288 g/mol. The summed E-state index contributed by atoms with van der Waals surface area (Å²) >= 11 is 5.96. The number of nitrogens with zero attached hydrogens (tertiary/aromatic N) is 1. The number of hydrogen-bond donors (Lipinski definition) is 1. The molecule has 2 heterocycles. The Morgan fingerprint density at radius 1 is 1.33 bits per heavy atom. The summed E-state index contributed by atoms with van der Waals surface area (Å²) in [6.07, 6.45) is 2.51. The molecule has 0 spiro atoms. The SMILES string of the molecule is CN1CC[C@H](NC(=O)[C@H]2CCCO2)[C@H]1c1ccc(Cl)cc1. The van der Waals surface area contributed by atoms with Gasteiger partial charge in [-0.2, -0.15) is 0 Å². The summed E-state index contributed by atoms with van der Waals surface area (Å²) in [6.45, 7) is 1.67. The molecule has 1 aromatic carbocycles. The van der Waals surface area contributed by atoms with Crippen molar-refractivity contribution in [1.29, 1.82) is 0 Å². The summed E-state index contributed by atoms with van der Waals surface area (Å²) in [5.41, 5.74) is 1.19. The highest BCUT2D eigenvalue weighted by atomic mass is 35.5.